The number of aliphatic imine (C=N–C) groups is 1. The van der Waals surface area contributed by atoms with Crippen LogP contribution < -0.4 is 25.8 Å². The summed E-state index contributed by atoms with van der Waals surface area (Å²) >= 11 is 0. The van der Waals surface area contributed by atoms with Crippen LogP contribution in [-0.4, -0.2) is 38.4 Å². The predicted molar refractivity (Wildman–Crippen MR) is 161 cm³/mol. The number of hydrogen-bond donors (Lipinski definition) is 3. The van der Waals surface area contributed by atoms with Crippen molar-refractivity contribution in [2.45, 2.75) is 71.5 Å². The number of rotatable bonds is 11. The van der Waals surface area contributed by atoms with Gasteiger partial charge in [0.05, 0.1) is 28.8 Å². The lowest BCUT2D eigenvalue weighted by Crippen LogP contribution is -2.46. The monoisotopic (exact) mass is 516 g/mol. The molecule has 0 radical (unpaired) electrons. The topological polar surface area (TPSA) is 72.0 Å². The van der Waals surface area contributed by atoms with E-state index < -0.39 is 0 Å². The third-order valence-corrected chi connectivity index (χ3v) is 7.46. The van der Waals surface area contributed by atoms with E-state index in [1.807, 2.05) is 14.0 Å². The van der Waals surface area contributed by atoms with Crippen molar-refractivity contribution in [3.8, 4) is 0 Å². The minimum atomic E-state index is 0.0771. The number of carbonyl (C=O) groups excluding carboxylic acids is 1. The van der Waals surface area contributed by atoms with E-state index >= 15 is 0 Å². The molecule has 2 aromatic carbocycles. The van der Waals surface area contributed by atoms with E-state index in [9.17, 15) is 4.79 Å². The number of hydrogen-bond acceptors (Lipinski definition) is 5. The van der Waals surface area contributed by atoms with Crippen LogP contribution in [0.4, 0.5) is 22.7 Å². The number of para-hydroxylation sites is 2. The van der Waals surface area contributed by atoms with E-state index in [1.54, 1.807) is 0 Å². The molecule has 0 bridgehead atoms. The lowest BCUT2D eigenvalue weighted by Gasteiger charge is -2.39. The van der Waals surface area contributed by atoms with E-state index in [0.717, 1.165) is 67.2 Å². The quantitative estimate of drug-likeness (QED) is 0.297. The van der Waals surface area contributed by atoms with Gasteiger partial charge in [0.25, 0.3) is 0 Å². The summed E-state index contributed by atoms with van der Waals surface area (Å²) in [5.41, 5.74) is 6.72. The highest BCUT2D eigenvalue weighted by atomic mass is 16.1. The number of amidine groups is 1. The van der Waals surface area contributed by atoms with E-state index in [-0.39, 0.29) is 18.1 Å². The van der Waals surface area contributed by atoms with Crippen LogP contribution in [-0.2, 0) is 4.79 Å². The Balaban J connectivity index is 1.40. The summed E-state index contributed by atoms with van der Waals surface area (Å²) in [7, 11) is 3.99. The Morgan fingerprint density at radius 3 is 2.58 bits per heavy atom. The molecule has 7 heteroatoms. The van der Waals surface area contributed by atoms with Gasteiger partial charge >= 0.3 is 0 Å². The molecule has 0 saturated carbocycles. The standard InChI is InChI=1S/C31H44N6O/c1-21(2)15-18-29(38)33-19-11-7-8-13-25-31(32-5)37(22(3)4)28-17-16-23(20-26(28)34-25)30-35-24-12-9-10-14-27(24)36(30)6/h9-10,12,14,16-17,20-21,25,30,34-35H,3,7-8,11,13,15,18-19H2,1-2,4-6H3,(H,33,38). The van der Waals surface area contributed by atoms with Crippen LogP contribution >= 0.6 is 0 Å². The number of fused-ring (bicyclic) bond motifs is 2. The number of allylic oxidation sites excluding steroid dienone is 1. The molecule has 204 valence electrons. The third kappa shape index (κ3) is 6.14. The van der Waals surface area contributed by atoms with Crippen molar-refractivity contribution in [3.63, 3.8) is 0 Å². The lowest BCUT2D eigenvalue weighted by atomic mass is 10.00. The van der Waals surface area contributed by atoms with E-state index in [4.69, 9.17) is 0 Å². The molecule has 0 fully saturated rings. The molecule has 2 aliphatic rings. The average molecular weight is 517 g/mol. The summed E-state index contributed by atoms with van der Waals surface area (Å²) in [5, 5.41) is 10.5. The second kappa shape index (κ2) is 12.4. The van der Waals surface area contributed by atoms with Crippen LogP contribution in [0.2, 0.25) is 0 Å². The molecule has 7 nitrogen and oxygen atoms in total. The zero-order chi connectivity index (χ0) is 27.2. The van der Waals surface area contributed by atoms with Crippen molar-refractivity contribution in [2.75, 3.05) is 41.1 Å². The summed E-state index contributed by atoms with van der Waals surface area (Å²) in [6, 6.07) is 15.2. The Hall–Kier alpha value is -3.48. The van der Waals surface area contributed by atoms with Gasteiger partial charge in [-0.05, 0) is 61.9 Å². The molecular formula is C31H44N6O. The highest BCUT2D eigenvalue weighted by molar-refractivity contribution is 6.10. The predicted octanol–water partition coefficient (Wildman–Crippen LogP) is 6.52. The Morgan fingerprint density at radius 1 is 1.08 bits per heavy atom. The fraction of sp³-hybridized carbons (Fsp3) is 0.484. The number of amides is 1. The molecule has 2 unspecified atom stereocenters. The SMILES string of the molecule is C=C(C)N1C(=NC)C(CCCCCNC(=O)CCC(C)C)Nc2cc(C3Nc4ccccc4N3C)ccc21. The molecule has 4 rings (SSSR count). The molecule has 2 aromatic rings. The van der Waals surface area contributed by atoms with Gasteiger partial charge in [0.15, 0.2) is 0 Å². The Kier molecular flexibility index (Phi) is 8.97. The number of unbranched alkanes of at least 4 members (excludes halogenated alkanes) is 2. The third-order valence-electron chi connectivity index (χ3n) is 7.46. The van der Waals surface area contributed by atoms with E-state index in [0.29, 0.717) is 12.3 Å². The second-order valence-electron chi connectivity index (χ2n) is 10.9. The molecule has 0 spiro atoms. The highest BCUT2D eigenvalue weighted by Gasteiger charge is 2.32. The molecule has 0 saturated heterocycles. The van der Waals surface area contributed by atoms with Crippen LogP contribution in [0.1, 0.15) is 71.0 Å². The van der Waals surface area contributed by atoms with Gasteiger partial charge in [0, 0.05) is 32.8 Å². The minimum Gasteiger partial charge on any atom is -0.373 e. The molecule has 0 aromatic heterocycles. The number of nitrogens with zero attached hydrogens (tertiary/aromatic N) is 3. The minimum absolute atomic E-state index is 0.0771. The number of benzene rings is 2. The molecule has 38 heavy (non-hydrogen) atoms. The maximum absolute atomic E-state index is 12.0. The van der Waals surface area contributed by atoms with Crippen molar-refractivity contribution in [1.29, 1.82) is 0 Å². The van der Waals surface area contributed by atoms with Gasteiger partial charge in [-0.1, -0.05) is 51.5 Å². The fourth-order valence-electron chi connectivity index (χ4n) is 5.40. The van der Waals surface area contributed by atoms with Gasteiger partial charge in [-0.3, -0.25) is 14.7 Å². The summed E-state index contributed by atoms with van der Waals surface area (Å²) < 4.78 is 0. The first-order chi connectivity index (χ1) is 18.3. The smallest absolute Gasteiger partial charge is 0.220 e. The Morgan fingerprint density at radius 2 is 1.87 bits per heavy atom. The van der Waals surface area contributed by atoms with Gasteiger partial charge < -0.3 is 20.9 Å². The largest absolute Gasteiger partial charge is 0.373 e. The highest BCUT2D eigenvalue weighted by Crippen LogP contribution is 2.43. The summed E-state index contributed by atoms with van der Waals surface area (Å²) in [6.45, 7) is 11.4. The van der Waals surface area contributed by atoms with Crippen LogP contribution in [0, 0.1) is 5.92 Å². The summed E-state index contributed by atoms with van der Waals surface area (Å²) in [6.07, 6.45) is 5.72. The van der Waals surface area contributed by atoms with Crippen LogP contribution in [0.3, 0.4) is 0 Å². The average Bonchev–Trinajstić information content (AvgIpc) is 3.24. The molecular weight excluding hydrogens is 472 g/mol. The van der Waals surface area contributed by atoms with Gasteiger partial charge in [-0.15, -0.1) is 0 Å². The Bertz CT molecular complexity index is 1170. The molecule has 2 atom stereocenters. The zero-order valence-electron chi connectivity index (χ0n) is 23.7. The second-order valence-corrected chi connectivity index (χ2v) is 10.9. The molecule has 2 heterocycles. The van der Waals surface area contributed by atoms with Gasteiger partial charge in [-0.25, -0.2) is 0 Å². The molecule has 1 amide bonds. The van der Waals surface area contributed by atoms with Crippen LogP contribution in [0.25, 0.3) is 0 Å². The normalized spacial score (nSPS) is 19.2. The molecule has 3 N–H and O–H groups in total. The lowest BCUT2D eigenvalue weighted by molar-refractivity contribution is -0.121. The number of anilines is 4. The van der Waals surface area contributed by atoms with Crippen LogP contribution in [0.15, 0.2) is 59.7 Å². The first-order valence-electron chi connectivity index (χ1n) is 14.0. The van der Waals surface area contributed by atoms with Gasteiger partial charge in [-0.2, -0.15) is 0 Å². The van der Waals surface area contributed by atoms with Gasteiger partial charge in [0.2, 0.25) is 5.91 Å². The van der Waals surface area contributed by atoms with Crippen molar-refractivity contribution >= 4 is 34.5 Å². The number of nitrogens with one attached hydrogen (secondary N) is 3. The fourth-order valence-corrected chi connectivity index (χ4v) is 5.40. The number of carbonyl (C=O) groups is 1. The van der Waals surface area contributed by atoms with Crippen molar-refractivity contribution < 1.29 is 4.79 Å². The van der Waals surface area contributed by atoms with E-state index in [1.165, 1.54) is 11.3 Å². The molecule has 0 aliphatic carbocycles. The summed E-state index contributed by atoms with van der Waals surface area (Å²) in [5.74, 6) is 1.73. The Labute approximate surface area is 228 Å². The first kappa shape index (κ1) is 27.6. The summed E-state index contributed by atoms with van der Waals surface area (Å²) in [4.78, 5) is 21.1. The zero-order valence-corrected chi connectivity index (χ0v) is 23.7. The van der Waals surface area contributed by atoms with Crippen LogP contribution in [0.5, 0.6) is 0 Å². The van der Waals surface area contributed by atoms with Crippen molar-refractivity contribution in [3.05, 3.63) is 60.3 Å². The molecule has 2 aliphatic heterocycles. The first-order valence-corrected chi connectivity index (χ1v) is 14.0. The maximum atomic E-state index is 12.0. The maximum Gasteiger partial charge on any atom is 0.220 e. The van der Waals surface area contributed by atoms with Crippen molar-refractivity contribution in [2.24, 2.45) is 10.9 Å². The van der Waals surface area contributed by atoms with E-state index in [2.05, 4.69) is 101 Å². The van der Waals surface area contributed by atoms with Crippen molar-refractivity contribution in [1.82, 2.24) is 5.32 Å². The van der Waals surface area contributed by atoms with Gasteiger partial charge in [0.1, 0.15) is 12.0 Å².